The first-order chi connectivity index (χ1) is 10.5. The second-order valence-corrected chi connectivity index (χ2v) is 5.26. The highest BCUT2D eigenvalue weighted by Gasteiger charge is 2.13. The average Bonchev–Trinajstić information content (AvgIpc) is 3.04. The van der Waals surface area contributed by atoms with Gasteiger partial charge in [0.1, 0.15) is 5.82 Å². The van der Waals surface area contributed by atoms with Crippen molar-refractivity contribution in [3.8, 4) is 0 Å². The van der Waals surface area contributed by atoms with Gasteiger partial charge in [0.05, 0.1) is 24.1 Å². The summed E-state index contributed by atoms with van der Waals surface area (Å²) in [5.41, 5.74) is 8.20. The number of fused-ring (bicyclic) bond motifs is 1. The van der Waals surface area contributed by atoms with Gasteiger partial charge in [-0.1, -0.05) is 11.2 Å². The van der Waals surface area contributed by atoms with E-state index in [0.717, 1.165) is 16.9 Å². The van der Waals surface area contributed by atoms with Gasteiger partial charge in [-0.2, -0.15) is 4.98 Å². The lowest BCUT2D eigenvalue weighted by atomic mass is 10.2. The van der Waals surface area contributed by atoms with E-state index in [-0.39, 0.29) is 5.89 Å². The minimum Gasteiger partial charge on any atom is -0.361 e. The molecular weight excluding hydrogens is 284 g/mol. The molecule has 0 aliphatic rings. The van der Waals surface area contributed by atoms with Crippen LogP contribution in [0.25, 0.3) is 11.0 Å². The van der Waals surface area contributed by atoms with Crippen molar-refractivity contribution < 1.29 is 9.32 Å². The minimum atomic E-state index is -0.728. The molecule has 0 radical (unpaired) electrons. The molecule has 2 aromatic heterocycles. The van der Waals surface area contributed by atoms with E-state index in [1.54, 1.807) is 0 Å². The Morgan fingerprint density at radius 3 is 2.91 bits per heavy atom. The molecule has 0 bridgehead atoms. The summed E-state index contributed by atoms with van der Waals surface area (Å²) in [5.74, 6) is 0.349. The SMILES string of the molecule is Cc1ccc2nc(CN(C)Cc3noc(C(N)=O)n3)[nH]c2c1. The summed E-state index contributed by atoms with van der Waals surface area (Å²) in [4.78, 5) is 24.6. The van der Waals surface area contributed by atoms with E-state index in [1.165, 1.54) is 5.56 Å². The Hall–Kier alpha value is -2.74. The maximum Gasteiger partial charge on any atom is 0.315 e. The monoisotopic (exact) mass is 300 g/mol. The molecule has 22 heavy (non-hydrogen) atoms. The fourth-order valence-corrected chi connectivity index (χ4v) is 2.22. The van der Waals surface area contributed by atoms with Gasteiger partial charge >= 0.3 is 11.8 Å². The van der Waals surface area contributed by atoms with Crippen molar-refractivity contribution in [2.45, 2.75) is 20.0 Å². The Balaban J connectivity index is 1.69. The van der Waals surface area contributed by atoms with Crippen LogP contribution in [-0.2, 0) is 13.1 Å². The van der Waals surface area contributed by atoms with Crippen molar-refractivity contribution >= 4 is 16.9 Å². The Bertz CT molecular complexity index is 822. The summed E-state index contributed by atoms with van der Waals surface area (Å²) in [6.45, 7) is 3.06. The molecule has 2 heterocycles. The highest BCUT2D eigenvalue weighted by atomic mass is 16.5. The van der Waals surface area contributed by atoms with E-state index in [9.17, 15) is 4.79 Å². The molecule has 0 atom stereocenters. The Labute approximate surface area is 126 Å². The maximum absolute atomic E-state index is 10.9. The van der Waals surface area contributed by atoms with Crippen LogP contribution in [0, 0.1) is 6.92 Å². The van der Waals surface area contributed by atoms with Crippen LogP contribution in [0.4, 0.5) is 0 Å². The number of carbonyl (C=O) groups excluding carboxylic acids is 1. The molecule has 3 N–H and O–H groups in total. The minimum absolute atomic E-state index is 0.178. The van der Waals surface area contributed by atoms with Crippen LogP contribution in [0.2, 0.25) is 0 Å². The average molecular weight is 300 g/mol. The molecule has 3 rings (SSSR count). The lowest BCUT2D eigenvalue weighted by Crippen LogP contribution is -2.19. The van der Waals surface area contributed by atoms with Gasteiger partial charge in [0.2, 0.25) is 0 Å². The van der Waals surface area contributed by atoms with Gasteiger partial charge in [-0.05, 0) is 31.7 Å². The third kappa shape index (κ3) is 2.96. The number of nitrogens with one attached hydrogen (secondary N) is 1. The second-order valence-electron chi connectivity index (χ2n) is 5.26. The molecule has 3 aromatic rings. The number of benzene rings is 1. The molecular formula is C14H16N6O2. The lowest BCUT2D eigenvalue weighted by Gasteiger charge is -2.11. The third-order valence-electron chi connectivity index (χ3n) is 3.20. The van der Waals surface area contributed by atoms with Crippen LogP contribution in [0.3, 0.4) is 0 Å². The molecule has 8 heteroatoms. The van der Waals surface area contributed by atoms with Crippen molar-refractivity contribution in [1.82, 2.24) is 25.0 Å². The number of aromatic amines is 1. The zero-order valence-corrected chi connectivity index (χ0v) is 12.3. The number of aromatic nitrogens is 4. The number of H-pyrrole nitrogens is 1. The number of nitrogens with two attached hydrogens (primary N) is 1. The number of carbonyl (C=O) groups is 1. The van der Waals surface area contributed by atoms with Crippen molar-refractivity contribution in [2.75, 3.05) is 7.05 Å². The largest absolute Gasteiger partial charge is 0.361 e. The summed E-state index contributed by atoms with van der Waals surface area (Å²) < 4.78 is 4.75. The Morgan fingerprint density at radius 1 is 1.36 bits per heavy atom. The molecule has 8 nitrogen and oxygen atoms in total. The van der Waals surface area contributed by atoms with Crippen LogP contribution in [0.1, 0.15) is 27.9 Å². The Kier molecular flexibility index (Phi) is 3.60. The predicted molar refractivity (Wildman–Crippen MR) is 78.8 cm³/mol. The van der Waals surface area contributed by atoms with Gasteiger partial charge in [-0.25, -0.2) is 4.98 Å². The van der Waals surface area contributed by atoms with Crippen LogP contribution < -0.4 is 5.73 Å². The van der Waals surface area contributed by atoms with Crippen LogP contribution in [0.15, 0.2) is 22.7 Å². The quantitative estimate of drug-likeness (QED) is 0.726. The number of imidazole rings is 1. The number of aryl methyl sites for hydroxylation is 1. The summed E-state index contributed by atoms with van der Waals surface area (Å²) in [5, 5.41) is 3.71. The molecule has 1 aromatic carbocycles. The molecule has 0 saturated heterocycles. The zero-order valence-electron chi connectivity index (χ0n) is 12.3. The van der Waals surface area contributed by atoms with E-state index in [2.05, 4.69) is 26.2 Å². The van der Waals surface area contributed by atoms with Crippen molar-refractivity contribution in [3.05, 3.63) is 41.3 Å². The molecule has 0 unspecified atom stereocenters. The van der Waals surface area contributed by atoms with Crippen LogP contribution in [0.5, 0.6) is 0 Å². The maximum atomic E-state index is 10.9. The molecule has 114 valence electrons. The summed E-state index contributed by atoms with van der Waals surface area (Å²) in [6.07, 6.45) is 0. The number of primary amides is 1. The number of amides is 1. The first kappa shape index (κ1) is 14.2. The highest BCUT2D eigenvalue weighted by Crippen LogP contribution is 2.14. The molecule has 1 amide bonds. The van der Waals surface area contributed by atoms with E-state index in [1.807, 2.05) is 31.0 Å². The fraction of sp³-hybridized carbons (Fsp3) is 0.286. The molecule has 0 saturated carbocycles. The first-order valence-electron chi connectivity index (χ1n) is 6.77. The number of rotatable bonds is 5. The van der Waals surface area contributed by atoms with Crippen molar-refractivity contribution in [2.24, 2.45) is 5.73 Å². The first-order valence-corrected chi connectivity index (χ1v) is 6.77. The number of hydrogen-bond acceptors (Lipinski definition) is 6. The standard InChI is InChI=1S/C14H16N6O2/c1-8-3-4-9-10(5-8)17-11(16-9)6-20(2)7-12-18-14(13(15)21)22-19-12/h3-5H,6-7H2,1-2H3,(H2,15,21)(H,16,17). The van der Waals surface area contributed by atoms with E-state index in [4.69, 9.17) is 10.3 Å². The summed E-state index contributed by atoms with van der Waals surface area (Å²) >= 11 is 0. The summed E-state index contributed by atoms with van der Waals surface area (Å²) in [6, 6.07) is 6.08. The summed E-state index contributed by atoms with van der Waals surface area (Å²) in [7, 11) is 1.90. The van der Waals surface area contributed by atoms with Crippen LogP contribution >= 0.6 is 0 Å². The van der Waals surface area contributed by atoms with Gasteiger partial charge in [-0.15, -0.1) is 0 Å². The molecule has 0 aliphatic carbocycles. The predicted octanol–water partition coefficient (Wildman–Crippen LogP) is 0.985. The fourth-order valence-electron chi connectivity index (χ4n) is 2.22. The van der Waals surface area contributed by atoms with Crippen molar-refractivity contribution in [1.29, 1.82) is 0 Å². The van der Waals surface area contributed by atoms with E-state index >= 15 is 0 Å². The zero-order chi connectivity index (χ0) is 15.7. The third-order valence-corrected chi connectivity index (χ3v) is 3.20. The second kappa shape index (κ2) is 5.57. The number of nitrogens with zero attached hydrogens (tertiary/aromatic N) is 4. The normalized spacial score (nSPS) is 11.4. The van der Waals surface area contributed by atoms with E-state index < -0.39 is 5.91 Å². The van der Waals surface area contributed by atoms with E-state index in [0.29, 0.717) is 18.9 Å². The topological polar surface area (TPSA) is 114 Å². The molecule has 0 spiro atoms. The van der Waals surface area contributed by atoms with Gasteiger partial charge in [0, 0.05) is 0 Å². The smallest absolute Gasteiger partial charge is 0.315 e. The van der Waals surface area contributed by atoms with Gasteiger partial charge in [0.15, 0.2) is 5.82 Å². The van der Waals surface area contributed by atoms with Crippen molar-refractivity contribution in [3.63, 3.8) is 0 Å². The van der Waals surface area contributed by atoms with Gasteiger partial charge in [0.25, 0.3) is 0 Å². The van der Waals surface area contributed by atoms with Gasteiger partial charge in [-0.3, -0.25) is 9.69 Å². The van der Waals surface area contributed by atoms with Gasteiger partial charge < -0.3 is 15.2 Å². The number of hydrogen-bond donors (Lipinski definition) is 2. The lowest BCUT2D eigenvalue weighted by molar-refractivity contribution is 0.0958. The Morgan fingerprint density at radius 2 is 2.18 bits per heavy atom. The van der Waals surface area contributed by atoms with Crippen LogP contribution in [-0.4, -0.2) is 38.0 Å². The molecule has 0 fully saturated rings. The highest BCUT2D eigenvalue weighted by molar-refractivity contribution is 5.87. The molecule has 0 aliphatic heterocycles.